The van der Waals surface area contributed by atoms with Crippen molar-refractivity contribution in [3.05, 3.63) is 29.8 Å². The average Bonchev–Trinajstić information content (AvgIpc) is 3.18. The lowest BCUT2D eigenvalue weighted by Crippen LogP contribution is -2.45. The van der Waals surface area contributed by atoms with E-state index in [4.69, 9.17) is 9.73 Å². The van der Waals surface area contributed by atoms with E-state index >= 15 is 0 Å². The minimum absolute atomic E-state index is 0. The second-order valence-electron chi connectivity index (χ2n) is 9.34. The summed E-state index contributed by atoms with van der Waals surface area (Å²) in [6.45, 7) is 9.78. The van der Waals surface area contributed by atoms with E-state index < -0.39 is 0 Å². The minimum Gasteiger partial charge on any atom is -0.487 e. The molecule has 2 aliphatic rings. The molecule has 0 aliphatic carbocycles. The monoisotopic (exact) mass is 557 g/mol. The maximum absolute atomic E-state index is 12.4. The maximum Gasteiger partial charge on any atom is 0.239 e. The number of likely N-dealkylation sites (N-methyl/N-ethyl adjacent to an activating group) is 1. The van der Waals surface area contributed by atoms with Gasteiger partial charge in [-0.1, -0.05) is 18.2 Å². The van der Waals surface area contributed by atoms with Crippen LogP contribution in [0.25, 0.3) is 0 Å². The van der Waals surface area contributed by atoms with E-state index in [2.05, 4.69) is 48.4 Å². The summed E-state index contributed by atoms with van der Waals surface area (Å²) < 4.78 is 6.16. The summed E-state index contributed by atoms with van der Waals surface area (Å²) in [6, 6.07) is 8.42. The fourth-order valence-electron chi connectivity index (χ4n) is 4.55. The molecule has 2 heterocycles. The highest BCUT2D eigenvalue weighted by Crippen LogP contribution is 2.39. The number of aliphatic imine (C=N–C) groups is 1. The van der Waals surface area contributed by atoms with Crippen LogP contribution in [0.5, 0.6) is 5.75 Å². The van der Waals surface area contributed by atoms with Crippen molar-refractivity contribution >= 4 is 35.8 Å². The zero-order chi connectivity index (χ0) is 22.4. The number of carbonyl (C=O) groups excluding carboxylic acids is 1. The summed E-state index contributed by atoms with van der Waals surface area (Å²) in [5, 5.41) is 7.01. The van der Waals surface area contributed by atoms with Crippen LogP contribution in [0.15, 0.2) is 29.3 Å². The summed E-state index contributed by atoms with van der Waals surface area (Å²) >= 11 is 0. The smallest absolute Gasteiger partial charge is 0.239 e. The predicted molar refractivity (Wildman–Crippen MR) is 141 cm³/mol. The van der Waals surface area contributed by atoms with Gasteiger partial charge in [0.1, 0.15) is 11.4 Å². The van der Waals surface area contributed by atoms with Crippen LogP contribution in [0.4, 0.5) is 0 Å². The van der Waals surface area contributed by atoms with Crippen LogP contribution in [0.3, 0.4) is 0 Å². The molecule has 0 saturated carbocycles. The minimum atomic E-state index is -0.229. The molecule has 32 heavy (non-hydrogen) atoms. The number of para-hydroxylation sites is 1. The molecular formula is C24H40IN5O2. The quantitative estimate of drug-likeness (QED) is 0.233. The molecule has 2 N–H and O–H groups in total. The molecule has 1 saturated heterocycles. The normalized spacial score (nSPS) is 22.3. The van der Waals surface area contributed by atoms with E-state index in [1.165, 1.54) is 5.56 Å². The fourth-order valence-corrected chi connectivity index (χ4v) is 4.55. The number of nitrogens with one attached hydrogen (secondary N) is 2. The number of rotatable bonds is 7. The number of hydrogen-bond donors (Lipinski definition) is 2. The highest BCUT2D eigenvalue weighted by atomic mass is 127. The molecule has 1 amide bonds. The second-order valence-corrected chi connectivity index (χ2v) is 9.34. The van der Waals surface area contributed by atoms with Crippen LogP contribution in [-0.2, 0) is 4.79 Å². The molecule has 1 fully saturated rings. The number of ether oxygens (including phenoxy) is 1. The van der Waals surface area contributed by atoms with Crippen LogP contribution in [0.1, 0.15) is 58.1 Å². The highest BCUT2D eigenvalue weighted by Gasteiger charge is 2.34. The SMILES string of the molecule is CCNC(=NCCCN1CCCC1C(=O)N(C)C)NC1CC(C)(C)Oc2ccccc21.I. The van der Waals surface area contributed by atoms with Crippen LogP contribution < -0.4 is 15.4 Å². The van der Waals surface area contributed by atoms with Gasteiger partial charge >= 0.3 is 0 Å². The van der Waals surface area contributed by atoms with Gasteiger partial charge in [0.05, 0.1) is 12.1 Å². The van der Waals surface area contributed by atoms with E-state index in [0.29, 0.717) is 0 Å². The number of hydrogen-bond acceptors (Lipinski definition) is 4. The van der Waals surface area contributed by atoms with Crippen molar-refractivity contribution in [1.82, 2.24) is 20.4 Å². The lowest BCUT2D eigenvalue weighted by atomic mass is 9.90. The largest absolute Gasteiger partial charge is 0.487 e. The Morgan fingerprint density at radius 2 is 2.06 bits per heavy atom. The third-order valence-electron chi connectivity index (χ3n) is 5.99. The van der Waals surface area contributed by atoms with Gasteiger partial charge in [0.25, 0.3) is 0 Å². The predicted octanol–water partition coefficient (Wildman–Crippen LogP) is 3.40. The topological polar surface area (TPSA) is 69.2 Å². The molecule has 180 valence electrons. The number of nitrogens with zero attached hydrogens (tertiary/aromatic N) is 3. The molecule has 2 aliphatic heterocycles. The lowest BCUT2D eigenvalue weighted by molar-refractivity contribution is -0.133. The van der Waals surface area contributed by atoms with Crippen molar-refractivity contribution < 1.29 is 9.53 Å². The summed E-state index contributed by atoms with van der Waals surface area (Å²) in [6.07, 6.45) is 3.86. The van der Waals surface area contributed by atoms with Crippen LogP contribution in [0, 0.1) is 0 Å². The van der Waals surface area contributed by atoms with Crippen molar-refractivity contribution in [2.45, 2.75) is 64.1 Å². The molecule has 2 atom stereocenters. The summed E-state index contributed by atoms with van der Waals surface area (Å²) in [5.74, 6) is 2.00. The van der Waals surface area contributed by atoms with E-state index in [1.54, 1.807) is 4.90 Å². The molecule has 0 spiro atoms. The molecule has 1 aromatic carbocycles. The third kappa shape index (κ3) is 6.97. The molecular weight excluding hydrogens is 517 g/mol. The Kier molecular flexibility index (Phi) is 10.1. The first-order chi connectivity index (χ1) is 14.8. The number of guanidine groups is 1. The number of amides is 1. The summed E-state index contributed by atoms with van der Waals surface area (Å²) in [4.78, 5) is 21.2. The van der Waals surface area contributed by atoms with Crippen LogP contribution in [-0.4, -0.2) is 73.6 Å². The molecule has 0 radical (unpaired) electrons. The Balaban J connectivity index is 0.00000363. The van der Waals surface area contributed by atoms with Gasteiger partial charge in [-0.2, -0.15) is 0 Å². The Morgan fingerprint density at radius 1 is 1.31 bits per heavy atom. The second kappa shape index (κ2) is 12.1. The molecule has 2 unspecified atom stereocenters. The van der Waals surface area contributed by atoms with Crippen LogP contribution in [0.2, 0.25) is 0 Å². The van der Waals surface area contributed by atoms with Gasteiger partial charge in [-0.25, -0.2) is 0 Å². The van der Waals surface area contributed by atoms with Gasteiger partial charge in [-0.3, -0.25) is 14.7 Å². The van der Waals surface area contributed by atoms with Crippen molar-refractivity contribution in [2.24, 2.45) is 4.99 Å². The first-order valence-electron chi connectivity index (χ1n) is 11.6. The zero-order valence-corrected chi connectivity index (χ0v) is 22.5. The zero-order valence-electron chi connectivity index (χ0n) is 20.2. The van der Waals surface area contributed by atoms with Gasteiger partial charge in [0.15, 0.2) is 5.96 Å². The molecule has 0 aromatic heterocycles. The number of carbonyl (C=O) groups is 1. The molecule has 7 nitrogen and oxygen atoms in total. The number of fused-ring (bicyclic) bond motifs is 1. The van der Waals surface area contributed by atoms with E-state index in [-0.39, 0.29) is 47.6 Å². The molecule has 0 bridgehead atoms. The van der Waals surface area contributed by atoms with E-state index in [1.807, 2.05) is 26.2 Å². The standard InChI is InChI=1S/C24H39N5O2.HI/c1-6-25-23(26-14-10-16-29-15-9-12-20(29)22(30)28(4)5)27-19-17-24(2,3)31-21-13-8-7-11-18(19)21;/h7-8,11,13,19-20H,6,9-10,12,14-17H2,1-5H3,(H2,25,26,27);1H. The van der Waals surface area contributed by atoms with Crippen molar-refractivity contribution in [1.29, 1.82) is 0 Å². The van der Waals surface area contributed by atoms with E-state index in [0.717, 1.165) is 63.6 Å². The van der Waals surface area contributed by atoms with Gasteiger partial charge in [-0.15, -0.1) is 24.0 Å². The van der Waals surface area contributed by atoms with Crippen molar-refractivity contribution in [3.8, 4) is 5.75 Å². The Bertz CT molecular complexity index is 783. The Hall–Kier alpha value is -1.55. The molecule has 3 rings (SSSR count). The Labute approximate surface area is 210 Å². The fraction of sp³-hybridized carbons (Fsp3) is 0.667. The van der Waals surface area contributed by atoms with Crippen LogP contribution >= 0.6 is 24.0 Å². The average molecular weight is 558 g/mol. The third-order valence-corrected chi connectivity index (χ3v) is 5.99. The van der Waals surface area contributed by atoms with Gasteiger partial charge in [0, 0.05) is 45.7 Å². The molecule has 1 aromatic rings. The molecule has 8 heteroatoms. The van der Waals surface area contributed by atoms with Gasteiger partial charge < -0.3 is 20.3 Å². The maximum atomic E-state index is 12.4. The van der Waals surface area contributed by atoms with E-state index in [9.17, 15) is 4.79 Å². The lowest BCUT2D eigenvalue weighted by Gasteiger charge is -2.38. The first kappa shape index (κ1) is 26.7. The number of halogens is 1. The van der Waals surface area contributed by atoms with Gasteiger partial charge in [0.2, 0.25) is 5.91 Å². The highest BCUT2D eigenvalue weighted by molar-refractivity contribution is 14.0. The summed E-state index contributed by atoms with van der Waals surface area (Å²) in [5.41, 5.74) is 0.946. The first-order valence-corrected chi connectivity index (χ1v) is 11.6. The number of likely N-dealkylation sites (tertiary alicyclic amines) is 1. The summed E-state index contributed by atoms with van der Waals surface area (Å²) in [7, 11) is 3.68. The van der Waals surface area contributed by atoms with Crippen molar-refractivity contribution in [2.75, 3.05) is 40.3 Å². The number of benzene rings is 1. The van der Waals surface area contributed by atoms with Crippen molar-refractivity contribution in [3.63, 3.8) is 0 Å². The van der Waals surface area contributed by atoms with Gasteiger partial charge in [-0.05, 0) is 52.6 Å². The Morgan fingerprint density at radius 3 is 2.78 bits per heavy atom.